The van der Waals surface area contributed by atoms with E-state index in [2.05, 4.69) is 31.0 Å². The van der Waals surface area contributed by atoms with E-state index in [-0.39, 0.29) is 0 Å². The molecule has 0 aromatic carbocycles. The maximum atomic E-state index is 5.65. The molecule has 0 radical (unpaired) electrons. The third-order valence-electron chi connectivity index (χ3n) is 2.80. The van der Waals surface area contributed by atoms with Gasteiger partial charge >= 0.3 is 0 Å². The summed E-state index contributed by atoms with van der Waals surface area (Å²) >= 11 is 5.65. The molecule has 0 amide bonds. The number of rotatable bonds is 2. The van der Waals surface area contributed by atoms with Gasteiger partial charge in [-0.3, -0.25) is 4.90 Å². The Hall–Kier alpha value is -0.0500. The fourth-order valence-corrected chi connectivity index (χ4v) is 1.77. The lowest BCUT2D eigenvalue weighted by atomic mass is 10.1. The Labute approximate surface area is 85.9 Å². The second-order valence-electron chi connectivity index (χ2n) is 3.91. The molecule has 2 unspecified atom stereocenters. The second-order valence-corrected chi connectivity index (χ2v) is 4.13. The van der Waals surface area contributed by atoms with Gasteiger partial charge < -0.3 is 5.32 Å². The average Bonchev–Trinajstić information content (AvgIpc) is 2.13. The van der Waals surface area contributed by atoms with E-state index in [0.717, 1.165) is 19.6 Å². The zero-order chi connectivity index (χ0) is 9.84. The van der Waals surface area contributed by atoms with Crippen LogP contribution in [0.5, 0.6) is 0 Å². The number of hydrogen-bond donors (Lipinski definition) is 1. The molecule has 2 atom stereocenters. The van der Waals surface area contributed by atoms with Crippen LogP contribution in [0, 0.1) is 0 Å². The molecule has 1 rings (SSSR count). The van der Waals surface area contributed by atoms with E-state index in [0.29, 0.717) is 12.1 Å². The summed E-state index contributed by atoms with van der Waals surface area (Å²) in [5, 5.41) is 3.46. The molecule has 1 heterocycles. The van der Waals surface area contributed by atoms with Crippen molar-refractivity contribution in [2.45, 2.75) is 32.9 Å². The first-order chi connectivity index (χ1) is 6.15. The molecular formula is C10H19ClN2. The molecule has 0 spiro atoms. The van der Waals surface area contributed by atoms with Crippen LogP contribution in [0.25, 0.3) is 0 Å². The summed E-state index contributed by atoms with van der Waals surface area (Å²) in [4.78, 5) is 2.47. The van der Waals surface area contributed by atoms with Crippen LogP contribution in [0.2, 0.25) is 0 Å². The largest absolute Gasteiger partial charge is 0.311 e. The molecule has 2 nitrogen and oxygen atoms in total. The fourth-order valence-electron chi connectivity index (χ4n) is 1.70. The molecule has 1 N–H and O–H groups in total. The van der Waals surface area contributed by atoms with E-state index in [1.54, 1.807) is 5.54 Å². The van der Waals surface area contributed by atoms with Gasteiger partial charge in [0, 0.05) is 37.3 Å². The highest BCUT2D eigenvalue weighted by Gasteiger charge is 2.23. The number of nitrogens with zero attached hydrogens (tertiary/aromatic N) is 1. The number of piperazine rings is 1. The lowest BCUT2D eigenvalue weighted by Crippen LogP contribution is -2.55. The van der Waals surface area contributed by atoms with E-state index in [1.165, 1.54) is 5.57 Å². The summed E-state index contributed by atoms with van der Waals surface area (Å²) in [7, 11) is 0. The molecular weight excluding hydrogens is 184 g/mol. The van der Waals surface area contributed by atoms with Crippen LogP contribution in [0.1, 0.15) is 20.8 Å². The molecule has 1 aliphatic heterocycles. The fraction of sp³-hybridized carbons (Fsp3) is 0.800. The van der Waals surface area contributed by atoms with Crippen molar-refractivity contribution in [3.8, 4) is 0 Å². The first-order valence-electron chi connectivity index (χ1n) is 4.88. The van der Waals surface area contributed by atoms with E-state index < -0.39 is 0 Å². The summed E-state index contributed by atoms with van der Waals surface area (Å²) in [6.45, 7) is 9.77. The van der Waals surface area contributed by atoms with E-state index in [9.17, 15) is 0 Å². The lowest BCUT2D eigenvalue weighted by molar-refractivity contribution is 0.150. The van der Waals surface area contributed by atoms with Crippen LogP contribution in [0.3, 0.4) is 0 Å². The zero-order valence-corrected chi connectivity index (χ0v) is 9.43. The molecule has 0 aromatic heterocycles. The SMILES string of the molecule is C/C(=C\Cl)CN1CCNC(C)C1C. The van der Waals surface area contributed by atoms with E-state index in [4.69, 9.17) is 11.6 Å². The molecule has 1 saturated heterocycles. The van der Waals surface area contributed by atoms with E-state index >= 15 is 0 Å². The minimum atomic E-state index is 0.580. The Balaban J connectivity index is 2.48. The lowest BCUT2D eigenvalue weighted by Gasteiger charge is -2.38. The number of halogens is 1. The summed E-state index contributed by atoms with van der Waals surface area (Å²) < 4.78 is 0. The normalized spacial score (nSPS) is 32.2. The van der Waals surface area contributed by atoms with Gasteiger partial charge in [-0.05, 0) is 26.3 Å². The Bertz CT molecular complexity index is 191. The Morgan fingerprint density at radius 3 is 2.92 bits per heavy atom. The zero-order valence-electron chi connectivity index (χ0n) is 8.68. The Morgan fingerprint density at radius 1 is 1.62 bits per heavy atom. The Kier molecular flexibility index (Phi) is 4.23. The molecule has 0 saturated carbocycles. The van der Waals surface area contributed by atoms with Gasteiger partial charge in [-0.2, -0.15) is 0 Å². The minimum absolute atomic E-state index is 0.580. The van der Waals surface area contributed by atoms with Crippen molar-refractivity contribution in [1.29, 1.82) is 0 Å². The van der Waals surface area contributed by atoms with Gasteiger partial charge in [0.15, 0.2) is 0 Å². The van der Waals surface area contributed by atoms with Gasteiger partial charge in [0.2, 0.25) is 0 Å². The van der Waals surface area contributed by atoms with Crippen molar-refractivity contribution >= 4 is 11.6 Å². The van der Waals surface area contributed by atoms with Gasteiger partial charge in [0.05, 0.1) is 0 Å². The first-order valence-corrected chi connectivity index (χ1v) is 5.32. The first kappa shape index (κ1) is 11.0. The van der Waals surface area contributed by atoms with Gasteiger partial charge in [-0.25, -0.2) is 0 Å². The second kappa shape index (κ2) is 4.99. The third kappa shape index (κ3) is 2.97. The average molecular weight is 203 g/mol. The quantitative estimate of drug-likeness (QED) is 0.735. The summed E-state index contributed by atoms with van der Waals surface area (Å²) in [6, 6.07) is 1.18. The van der Waals surface area contributed by atoms with Crippen molar-refractivity contribution in [2.24, 2.45) is 0 Å². The van der Waals surface area contributed by atoms with Crippen LogP contribution < -0.4 is 5.32 Å². The maximum Gasteiger partial charge on any atom is 0.0222 e. The molecule has 0 aliphatic carbocycles. The standard InChI is InChI=1S/C10H19ClN2/c1-8(6-11)7-13-5-4-12-9(2)10(13)3/h6,9-10,12H,4-5,7H2,1-3H3/b8-6+. The predicted molar refractivity (Wildman–Crippen MR) is 58.1 cm³/mol. The highest BCUT2D eigenvalue weighted by Crippen LogP contribution is 2.11. The minimum Gasteiger partial charge on any atom is -0.311 e. The number of nitrogens with one attached hydrogen (secondary N) is 1. The predicted octanol–water partition coefficient (Wildman–Crippen LogP) is 1.81. The van der Waals surface area contributed by atoms with Crippen molar-refractivity contribution in [2.75, 3.05) is 19.6 Å². The van der Waals surface area contributed by atoms with Crippen LogP contribution in [0.4, 0.5) is 0 Å². The molecule has 1 aliphatic rings. The summed E-state index contributed by atoms with van der Waals surface area (Å²) in [6.07, 6.45) is 0. The van der Waals surface area contributed by atoms with Crippen LogP contribution in [-0.4, -0.2) is 36.6 Å². The highest BCUT2D eigenvalue weighted by atomic mass is 35.5. The Morgan fingerprint density at radius 2 is 2.31 bits per heavy atom. The molecule has 0 aromatic rings. The topological polar surface area (TPSA) is 15.3 Å². The molecule has 76 valence electrons. The summed E-state index contributed by atoms with van der Waals surface area (Å²) in [5.41, 5.74) is 2.92. The van der Waals surface area contributed by atoms with Crippen molar-refractivity contribution in [1.82, 2.24) is 10.2 Å². The van der Waals surface area contributed by atoms with Crippen LogP contribution in [-0.2, 0) is 0 Å². The molecule has 0 bridgehead atoms. The van der Waals surface area contributed by atoms with Gasteiger partial charge in [0.25, 0.3) is 0 Å². The van der Waals surface area contributed by atoms with Crippen molar-refractivity contribution in [3.63, 3.8) is 0 Å². The number of hydrogen-bond acceptors (Lipinski definition) is 2. The molecule has 13 heavy (non-hydrogen) atoms. The van der Waals surface area contributed by atoms with Gasteiger partial charge in [0.1, 0.15) is 0 Å². The highest BCUT2D eigenvalue weighted by molar-refractivity contribution is 6.25. The van der Waals surface area contributed by atoms with Crippen molar-refractivity contribution in [3.05, 3.63) is 11.1 Å². The van der Waals surface area contributed by atoms with Crippen molar-refractivity contribution < 1.29 is 0 Å². The van der Waals surface area contributed by atoms with Gasteiger partial charge in [-0.1, -0.05) is 11.6 Å². The van der Waals surface area contributed by atoms with E-state index in [1.807, 2.05) is 0 Å². The molecule has 3 heteroatoms. The smallest absolute Gasteiger partial charge is 0.0222 e. The monoisotopic (exact) mass is 202 g/mol. The van der Waals surface area contributed by atoms with Gasteiger partial charge in [-0.15, -0.1) is 0 Å². The van der Waals surface area contributed by atoms with Crippen LogP contribution >= 0.6 is 11.6 Å². The third-order valence-corrected chi connectivity index (χ3v) is 3.18. The summed E-state index contributed by atoms with van der Waals surface area (Å²) in [5.74, 6) is 0. The van der Waals surface area contributed by atoms with Crippen LogP contribution in [0.15, 0.2) is 11.1 Å². The maximum absolute atomic E-state index is 5.65. The molecule has 1 fully saturated rings.